The normalized spacial score (nSPS) is 12.3. The van der Waals surface area contributed by atoms with Crippen LogP contribution in [0, 0.1) is 0 Å². The summed E-state index contributed by atoms with van der Waals surface area (Å²) in [6.07, 6.45) is 0. The van der Waals surface area contributed by atoms with Crippen molar-refractivity contribution in [3.05, 3.63) is 56.3 Å². The van der Waals surface area contributed by atoms with E-state index in [1.807, 2.05) is 29.7 Å². The van der Waals surface area contributed by atoms with Crippen LogP contribution in [0.2, 0.25) is 10.0 Å². The third-order valence-electron chi connectivity index (χ3n) is 4.13. The van der Waals surface area contributed by atoms with Crippen LogP contribution in [-0.4, -0.2) is 28.7 Å². The summed E-state index contributed by atoms with van der Waals surface area (Å²) in [7, 11) is 0. The van der Waals surface area contributed by atoms with Crippen molar-refractivity contribution in [2.24, 2.45) is 4.99 Å². The summed E-state index contributed by atoms with van der Waals surface area (Å²) >= 11 is 15.4. The van der Waals surface area contributed by atoms with Gasteiger partial charge in [0.1, 0.15) is 0 Å². The number of benzene rings is 2. The molecule has 0 saturated heterocycles. The second-order valence-corrected chi connectivity index (χ2v) is 8.66. The largest absolute Gasteiger partial charge is 0.380 e. The Labute approximate surface area is 178 Å². The number of carbonyl (C=O) groups is 1. The van der Waals surface area contributed by atoms with Gasteiger partial charge < -0.3 is 9.30 Å². The zero-order valence-electron chi connectivity index (χ0n) is 14.8. The highest BCUT2D eigenvalue weighted by molar-refractivity contribution is 7.17. The number of carbonyl (C=O) groups excluding carboxylic acids is 1. The SMILES string of the molecule is CCOCCn1c(=NC(=O)c2ccc3ncsc3c2)sc2cc(Cl)cc(Cl)c21. The minimum absolute atomic E-state index is 0.311. The molecule has 9 heteroatoms. The Morgan fingerprint density at radius 1 is 1.25 bits per heavy atom. The van der Waals surface area contributed by atoms with Crippen molar-refractivity contribution < 1.29 is 9.53 Å². The highest BCUT2D eigenvalue weighted by Gasteiger charge is 2.13. The van der Waals surface area contributed by atoms with Gasteiger partial charge in [-0.15, -0.1) is 11.3 Å². The van der Waals surface area contributed by atoms with Gasteiger partial charge in [-0.05, 0) is 37.3 Å². The maximum Gasteiger partial charge on any atom is 0.279 e. The molecule has 0 atom stereocenters. The molecule has 0 radical (unpaired) electrons. The summed E-state index contributed by atoms with van der Waals surface area (Å²) < 4.78 is 9.23. The van der Waals surface area contributed by atoms with Crippen LogP contribution in [-0.2, 0) is 11.3 Å². The van der Waals surface area contributed by atoms with Gasteiger partial charge in [-0.3, -0.25) is 4.79 Å². The Morgan fingerprint density at radius 2 is 2.11 bits per heavy atom. The second kappa shape index (κ2) is 8.31. The summed E-state index contributed by atoms with van der Waals surface area (Å²) in [6.45, 7) is 3.58. The van der Waals surface area contributed by atoms with E-state index in [2.05, 4.69) is 9.98 Å². The van der Waals surface area contributed by atoms with Crippen LogP contribution in [0.15, 0.2) is 40.8 Å². The van der Waals surface area contributed by atoms with E-state index in [4.69, 9.17) is 27.9 Å². The van der Waals surface area contributed by atoms with Gasteiger partial charge in [0.2, 0.25) is 0 Å². The van der Waals surface area contributed by atoms with Gasteiger partial charge >= 0.3 is 0 Å². The third kappa shape index (κ3) is 3.86. The number of hydrogen-bond donors (Lipinski definition) is 0. The average molecular weight is 452 g/mol. The van der Waals surface area contributed by atoms with Crippen molar-refractivity contribution in [3.63, 3.8) is 0 Å². The second-order valence-electron chi connectivity index (χ2n) is 5.92. The number of ether oxygens (including phenoxy) is 1. The fourth-order valence-corrected chi connectivity index (χ4v) is 5.41. The van der Waals surface area contributed by atoms with E-state index in [0.717, 1.165) is 20.4 Å². The molecule has 0 N–H and O–H groups in total. The first kappa shape index (κ1) is 19.5. The van der Waals surface area contributed by atoms with Gasteiger partial charge in [0, 0.05) is 23.7 Å². The van der Waals surface area contributed by atoms with Crippen LogP contribution in [0.4, 0.5) is 0 Å². The number of aromatic nitrogens is 2. The molecule has 1 amide bonds. The molecule has 0 aliphatic heterocycles. The predicted molar refractivity (Wildman–Crippen MR) is 116 cm³/mol. The van der Waals surface area contributed by atoms with Crippen LogP contribution in [0.3, 0.4) is 0 Å². The summed E-state index contributed by atoms with van der Waals surface area (Å²) in [5, 5.41) is 1.07. The molecule has 0 unspecified atom stereocenters. The maximum absolute atomic E-state index is 12.8. The number of rotatable bonds is 5. The maximum atomic E-state index is 12.8. The van der Waals surface area contributed by atoms with E-state index < -0.39 is 0 Å². The molecular weight excluding hydrogens is 437 g/mol. The minimum Gasteiger partial charge on any atom is -0.380 e. The number of halogens is 2. The number of nitrogens with zero attached hydrogens (tertiary/aromatic N) is 3. The Morgan fingerprint density at radius 3 is 2.93 bits per heavy atom. The first-order valence-electron chi connectivity index (χ1n) is 8.55. The van der Waals surface area contributed by atoms with Gasteiger partial charge in [0.05, 0.1) is 37.6 Å². The van der Waals surface area contributed by atoms with E-state index in [-0.39, 0.29) is 5.91 Å². The lowest BCUT2D eigenvalue weighted by Gasteiger charge is -2.07. The van der Waals surface area contributed by atoms with Crippen LogP contribution in [0.5, 0.6) is 0 Å². The van der Waals surface area contributed by atoms with Crippen molar-refractivity contribution in [2.45, 2.75) is 13.5 Å². The van der Waals surface area contributed by atoms with E-state index >= 15 is 0 Å². The highest BCUT2D eigenvalue weighted by atomic mass is 35.5. The number of amides is 1. The molecule has 0 fully saturated rings. The Bertz CT molecular complexity index is 1240. The van der Waals surface area contributed by atoms with E-state index in [1.54, 1.807) is 17.6 Å². The monoisotopic (exact) mass is 451 g/mol. The van der Waals surface area contributed by atoms with Crippen LogP contribution in [0.1, 0.15) is 17.3 Å². The van der Waals surface area contributed by atoms with E-state index in [9.17, 15) is 4.79 Å². The lowest BCUT2D eigenvalue weighted by atomic mass is 10.2. The Balaban J connectivity index is 1.82. The molecule has 0 spiro atoms. The summed E-state index contributed by atoms with van der Waals surface area (Å²) in [5.74, 6) is -0.311. The van der Waals surface area contributed by atoms with E-state index in [1.165, 1.54) is 22.7 Å². The quantitative estimate of drug-likeness (QED) is 0.381. The Kier molecular flexibility index (Phi) is 5.80. The zero-order valence-corrected chi connectivity index (χ0v) is 18.0. The third-order valence-corrected chi connectivity index (χ3v) is 6.46. The van der Waals surface area contributed by atoms with Crippen molar-refractivity contribution in [1.29, 1.82) is 0 Å². The molecule has 2 aromatic heterocycles. The van der Waals surface area contributed by atoms with Gasteiger partial charge in [-0.2, -0.15) is 4.99 Å². The number of hydrogen-bond acceptors (Lipinski definition) is 5. The molecule has 144 valence electrons. The molecular formula is C19H15Cl2N3O2S2. The van der Waals surface area contributed by atoms with Gasteiger partial charge in [-0.25, -0.2) is 4.98 Å². The molecule has 0 bridgehead atoms. The van der Waals surface area contributed by atoms with Crippen molar-refractivity contribution >= 4 is 72.2 Å². The van der Waals surface area contributed by atoms with Crippen LogP contribution < -0.4 is 4.80 Å². The summed E-state index contributed by atoms with van der Waals surface area (Å²) in [6, 6.07) is 8.92. The molecule has 5 nitrogen and oxygen atoms in total. The van der Waals surface area contributed by atoms with Crippen LogP contribution >= 0.6 is 45.9 Å². The molecule has 28 heavy (non-hydrogen) atoms. The number of thiazole rings is 2. The first-order valence-corrected chi connectivity index (χ1v) is 11.0. The Hall–Kier alpha value is -1.77. The predicted octanol–water partition coefficient (Wildman–Crippen LogP) is 5.40. The standard InChI is InChI=1S/C19H15Cl2N3O2S2/c1-2-26-6-5-24-17-13(21)8-12(20)9-16(17)28-19(24)23-18(25)11-3-4-14-15(7-11)27-10-22-14/h3-4,7-10H,2,5-6H2,1H3. The van der Waals surface area contributed by atoms with Crippen molar-refractivity contribution in [2.75, 3.05) is 13.2 Å². The summed E-state index contributed by atoms with van der Waals surface area (Å²) in [4.78, 5) is 22.0. The lowest BCUT2D eigenvalue weighted by Crippen LogP contribution is -2.20. The summed E-state index contributed by atoms with van der Waals surface area (Å²) in [5.41, 5.74) is 3.96. The fraction of sp³-hybridized carbons (Fsp3) is 0.211. The topological polar surface area (TPSA) is 56.5 Å². The average Bonchev–Trinajstić information content (AvgIpc) is 3.26. The fourth-order valence-electron chi connectivity index (χ4n) is 2.86. The lowest BCUT2D eigenvalue weighted by molar-refractivity contribution is 0.0997. The van der Waals surface area contributed by atoms with E-state index in [0.29, 0.717) is 40.2 Å². The van der Waals surface area contributed by atoms with Gasteiger partial charge in [-0.1, -0.05) is 34.5 Å². The smallest absolute Gasteiger partial charge is 0.279 e. The molecule has 0 saturated carbocycles. The molecule has 0 aliphatic rings. The van der Waals surface area contributed by atoms with Gasteiger partial charge in [0.25, 0.3) is 5.91 Å². The molecule has 4 aromatic rings. The van der Waals surface area contributed by atoms with Gasteiger partial charge in [0.15, 0.2) is 4.80 Å². The molecule has 2 aromatic carbocycles. The highest BCUT2D eigenvalue weighted by Crippen LogP contribution is 2.29. The van der Waals surface area contributed by atoms with Crippen molar-refractivity contribution in [3.8, 4) is 0 Å². The number of fused-ring (bicyclic) bond motifs is 2. The minimum atomic E-state index is -0.311. The molecule has 2 heterocycles. The molecule has 4 rings (SSSR count). The van der Waals surface area contributed by atoms with Crippen LogP contribution in [0.25, 0.3) is 20.4 Å². The van der Waals surface area contributed by atoms with Crippen molar-refractivity contribution in [1.82, 2.24) is 9.55 Å². The molecule has 0 aliphatic carbocycles. The zero-order chi connectivity index (χ0) is 19.7. The first-order chi connectivity index (χ1) is 13.6.